The Balaban J connectivity index is 1.58. The van der Waals surface area contributed by atoms with E-state index in [4.69, 9.17) is 0 Å². The zero-order valence-electron chi connectivity index (χ0n) is 18.7. The summed E-state index contributed by atoms with van der Waals surface area (Å²) in [6.07, 6.45) is 0. The summed E-state index contributed by atoms with van der Waals surface area (Å²) in [5, 5.41) is 12.6. The fraction of sp³-hybridized carbons (Fsp3) is 0.192. The lowest BCUT2D eigenvalue weighted by Gasteiger charge is -2.14. The van der Waals surface area contributed by atoms with Crippen LogP contribution in [0.5, 0.6) is 0 Å². The average Bonchev–Trinajstić information content (AvgIpc) is 3.24. The van der Waals surface area contributed by atoms with E-state index in [1.54, 1.807) is 0 Å². The first-order valence-corrected chi connectivity index (χ1v) is 12.8. The molecule has 0 aliphatic carbocycles. The molecule has 1 heterocycles. The Bertz CT molecular complexity index is 1250. The molecule has 3 aromatic carbocycles. The van der Waals surface area contributed by atoms with Crippen molar-refractivity contribution in [3.63, 3.8) is 0 Å². The van der Waals surface area contributed by atoms with E-state index in [0.29, 0.717) is 11.1 Å². The van der Waals surface area contributed by atoms with Crippen molar-refractivity contribution < 1.29 is 4.79 Å². The molecule has 7 heteroatoms. The molecule has 0 aliphatic rings. The Hall–Kier alpha value is -2.65. The molecule has 0 saturated heterocycles. The molecular formula is C26H25IN4OS. The molecule has 4 aromatic rings. The van der Waals surface area contributed by atoms with Gasteiger partial charge in [0.25, 0.3) is 0 Å². The van der Waals surface area contributed by atoms with Gasteiger partial charge in [-0.2, -0.15) is 0 Å². The van der Waals surface area contributed by atoms with Crippen LogP contribution in [0.2, 0.25) is 0 Å². The van der Waals surface area contributed by atoms with Gasteiger partial charge in [0.1, 0.15) is 0 Å². The first-order valence-electron chi connectivity index (χ1n) is 10.7. The van der Waals surface area contributed by atoms with Crippen molar-refractivity contribution in [2.75, 3.05) is 11.1 Å². The minimum atomic E-state index is -0.0668. The quantitative estimate of drug-likeness (QED) is 0.199. The number of thioether (sulfide) groups is 1. The van der Waals surface area contributed by atoms with Crippen molar-refractivity contribution in [3.8, 4) is 17.1 Å². The first-order chi connectivity index (χ1) is 15.9. The summed E-state index contributed by atoms with van der Waals surface area (Å²) in [6.45, 7) is 6.32. The Morgan fingerprint density at radius 1 is 1.03 bits per heavy atom. The van der Waals surface area contributed by atoms with Crippen molar-refractivity contribution in [1.82, 2.24) is 14.8 Å². The van der Waals surface area contributed by atoms with Crippen LogP contribution in [-0.2, 0) is 4.79 Å². The zero-order valence-corrected chi connectivity index (χ0v) is 21.7. The highest BCUT2D eigenvalue weighted by Gasteiger charge is 2.18. The van der Waals surface area contributed by atoms with E-state index in [9.17, 15) is 4.79 Å². The van der Waals surface area contributed by atoms with Crippen molar-refractivity contribution in [2.45, 2.75) is 31.8 Å². The number of amides is 1. The summed E-state index contributed by atoms with van der Waals surface area (Å²) in [5.41, 5.74) is 5.12. The highest BCUT2D eigenvalue weighted by molar-refractivity contribution is 14.1. The Morgan fingerprint density at radius 3 is 2.45 bits per heavy atom. The van der Waals surface area contributed by atoms with Gasteiger partial charge in [0.05, 0.1) is 5.75 Å². The lowest BCUT2D eigenvalue weighted by molar-refractivity contribution is -0.113. The number of halogens is 1. The second kappa shape index (κ2) is 10.5. The van der Waals surface area contributed by atoms with Gasteiger partial charge in [-0.05, 0) is 71.3 Å². The van der Waals surface area contributed by atoms with Crippen LogP contribution in [0.3, 0.4) is 0 Å². The lowest BCUT2D eigenvalue weighted by Crippen LogP contribution is -2.16. The number of carbonyl (C=O) groups is 1. The number of aryl methyl sites for hydroxylation is 1. The molecule has 0 fully saturated rings. The van der Waals surface area contributed by atoms with Crippen molar-refractivity contribution >= 4 is 45.9 Å². The maximum atomic E-state index is 12.8. The maximum absolute atomic E-state index is 12.8. The standard InChI is InChI=1S/C26H25IN4OS/c1-17(2)22-15-20(27)11-14-23(22)28-24(32)16-33-26-30-29-25(19-7-5-4-6-8-19)31(26)21-12-9-18(3)10-13-21/h4-15,17H,16H2,1-3H3,(H,28,32). The van der Waals surface area contributed by atoms with E-state index in [1.165, 1.54) is 17.3 Å². The van der Waals surface area contributed by atoms with Gasteiger partial charge in [-0.1, -0.05) is 73.6 Å². The minimum absolute atomic E-state index is 0.0668. The van der Waals surface area contributed by atoms with Gasteiger partial charge in [0.15, 0.2) is 11.0 Å². The van der Waals surface area contributed by atoms with Gasteiger partial charge in [-0.25, -0.2) is 0 Å². The number of anilines is 1. The van der Waals surface area contributed by atoms with E-state index in [2.05, 4.69) is 89.2 Å². The molecule has 168 valence electrons. The second-order valence-electron chi connectivity index (χ2n) is 8.07. The van der Waals surface area contributed by atoms with Gasteiger partial charge >= 0.3 is 0 Å². The van der Waals surface area contributed by atoms with Gasteiger partial charge in [-0.3, -0.25) is 9.36 Å². The number of nitrogens with one attached hydrogen (secondary N) is 1. The SMILES string of the molecule is Cc1ccc(-n2c(SCC(=O)Nc3ccc(I)cc3C(C)C)nnc2-c2ccccc2)cc1. The number of benzene rings is 3. The highest BCUT2D eigenvalue weighted by atomic mass is 127. The summed E-state index contributed by atoms with van der Waals surface area (Å²) >= 11 is 3.68. The topological polar surface area (TPSA) is 59.8 Å². The van der Waals surface area contributed by atoms with Crippen LogP contribution in [-0.4, -0.2) is 26.4 Å². The predicted octanol–water partition coefficient (Wildman–Crippen LogP) is 6.70. The van der Waals surface area contributed by atoms with Gasteiger partial charge in [-0.15, -0.1) is 10.2 Å². The zero-order chi connectivity index (χ0) is 23.4. The van der Waals surface area contributed by atoms with Crippen LogP contribution in [0.1, 0.15) is 30.9 Å². The number of hydrogen-bond donors (Lipinski definition) is 1. The normalized spacial score (nSPS) is 11.1. The first kappa shape index (κ1) is 23.5. The molecule has 0 radical (unpaired) electrons. The molecule has 4 rings (SSSR count). The number of carbonyl (C=O) groups excluding carboxylic acids is 1. The number of rotatable bonds is 7. The molecule has 0 atom stereocenters. The van der Waals surface area contributed by atoms with E-state index in [-0.39, 0.29) is 11.7 Å². The molecule has 0 bridgehead atoms. The van der Waals surface area contributed by atoms with Crippen LogP contribution in [0.25, 0.3) is 17.1 Å². The third-order valence-corrected chi connectivity index (χ3v) is 6.80. The molecule has 33 heavy (non-hydrogen) atoms. The summed E-state index contributed by atoms with van der Waals surface area (Å²) in [4.78, 5) is 12.8. The van der Waals surface area contributed by atoms with Crippen molar-refractivity contribution in [1.29, 1.82) is 0 Å². The Kier molecular flexibility index (Phi) is 7.49. The van der Waals surface area contributed by atoms with Crippen LogP contribution in [0.4, 0.5) is 5.69 Å². The van der Waals surface area contributed by atoms with E-state index >= 15 is 0 Å². The summed E-state index contributed by atoms with van der Waals surface area (Å²) in [7, 11) is 0. The van der Waals surface area contributed by atoms with Crippen LogP contribution in [0, 0.1) is 10.5 Å². The van der Waals surface area contributed by atoms with Crippen LogP contribution in [0.15, 0.2) is 78.0 Å². The largest absolute Gasteiger partial charge is 0.325 e. The summed E-state index contributed by atoms with van der Waals surface area (Å²) < 4.78 is 3.17. The highest BCUT2D eigenvalue weighted by Crippen LogP contribution is 2.29. The van der Waals surface area contributed by atoms with Crippen molar-refractivity contribution in [3.05, 3.63) is 87.5 Å². The monoisotopic (exact) mass is 568 g/mol. The van der Waals surface area contributed by atoms with E-state index in [0.717, 1.165) is 31.9 Å². The lowest BCUT2D eigenvalue weighted by atomic mass is 10.0. The molecular weight excluding hydrogens is 543 g/mol. The summed E-state index contributed by atoms with van der Waals surface area (Å²) in [6, 6.07) is 24.3. The predicted molar refractivity (Wildman–Crippen MR) is 144 cm³/mol. The number of nitrogens with zero attached hydrogens (tertiary/aromatic N) is 3. The number of aromatic nitrogens is 3. The molecule has 0 spiro atoms. The fourth-order valence-corrected chi connectivity index (χ4v) is 4.77. The van der Waals surface area contributed by atoms with Gasteiger partial charge in [0.2, 0.25) is 5.91 Å². The Morgan fingerprint density at radius 2 is 1.76 bits per heavy atom. The third-order valence-electron chi connectivity index (χ3n) is 5.20. The molecule has 1 amide bonds. The third kappa shape index (κ3) is 5.65. The molecule has 1 N–H and O–H groups in total. The second-order valence-corrected chi connectivity index (χ2v) is 10.3. The molecule has 5 nitrogen and oxygen atoms in total. The fourth-order valence-electron chi connectivity index (χ4n) is 3.51. The molecule has 0 unspecified atom stereocenters. The summed E-state index contributed by atoms with van der Waals surface area (Å²) in [5.74, 6) is 1.24. The van der Waals surface area contributed by atoms with Gasteiger partial charge in [0, 0.05) is 20.5 Å². The maximum Gasteiger partial charge on any atom is 0.234 e. The molecule has 0 aliphatic heterocycles. The Labute approximate surface area is 212 Å². The van der Waals surface area contributed by atoms with Gasteiger partial charge < -0.3 is 5.32 Å². The van der Waals surface area contributed by atoms with Crippen molar-refractivity contribution in [2.24, 2.45) is 0 Å². The van der Waals surface area contributed by atoms with Crippen LogP contribution >= 0.6 is 34.4 Å². The number of hydrogen-bond acceptors (Lipinski definition) is 4. The van der Waals surface area contributed by atoms with Crippen LogP contribution < -0.4 is 5.32 Å². The average molecular weight is 568 g/mol. The van der Waals surface area contributed by atoms with E-state index in [1.807, 2.05) is 47.0 Å². The molecule has 1 aromatic heterocycles. The van der Waals surface area contributed by atoms with E-state index < -0.39 is 0 Å². The molecule has 0 saturated carbocycles. The minimum Gasteiger partial charge on any atom is -0.325 e. The smallest absolute Gasteiger partial charge is 0.234 e.